The number of aryl methyl sites for hydroxylation is 2. The molecule has 1 atom stereocenters. The molecule has 1 aliphatic rings. The van der Waals surface area contributed by atoms with Gasteiger partial charge in [0.05, 0.1) is 18.7 Å². The van der Waals surface area contributed by atoms with Crippen LogP contribution in [0.1, 0.15) is 34.5 Å². The molecule has 0 unspecified atom stereocenters. The van der Waals surface area contributed by atoms with Gasteiger partial charge in [-0.1, -0.05) is 28.1 Å². The van der Waals surface area contributed by atoms with E-state index in [1.165, 1.54) is 0 Å². The largest absolute Gasteiger partial charge is 0.497 e. The molecule has 0 fully saturated rings. The summed E-state index contributed by atoms with van der Waals surface area (Å²) in [5.41, 5.74) is 2.96. The van der Waals surface area contributed by atoms with Gasteiger partial charge in [0.25, 0.3) is 5.91 Å². The van der Waals surface area contributed by atoms with E-state index in [1.807, 2.05) is 41.8 Å². The number of rotatable bonds is 4. The Kier molecular flexibility index (Phi) is 4.52. The molecular formula is C21H19BrN2O3. The van der Waals surface area contributed by atoms with Gasteiger partial charge >= 0.3 is 0 Å². The molecule has 2 aromatic carbocycles. The van der Waals surface area contributed by atoms with Crippen molar-refractivity contribution in [3.63, 3.8) is 0 Å². The first-order chi connectivity index (χ1) is 13.0. The summed E-state index contributed by atoms with van der Waals surface area (Å²) in [5, 5.41) is 3.52. The second-order valence-corrected chi connectivity index (χ2v) is 7.66. The van der Waals surface area contributed by atoms with Crippen molar-refractivity contribution in [2.24, 2.45) is 0 Å². The summed E-state index contributed by atoms with van der Waals surface area (Å²) in [4.78, 5) is 25.8. The average Bonchev–Trinajstić information content (AvgIpc) is 3.07. The van der Waals surface area contributed by atoms with Crippen LogP contribution in [-0.4, -0.2) is 17.6 Å². The normalized spacial score (nSPS) is 13.6. The van der Waals surface area contributed by atoms with Gasteiger partial charge in [0, 0.05) is 22.6 Å². The summed E-state index contributed by atoms with van der Waals surface area (Å²) >= 11 is 3.47. The molecule has 138 valence electrons. The molecule has 5 nitrogen and oxygen atoms in total. The zero-order chi connectivity index (χ0) is 19.1. The summed E-state index contributed by atoms with van der Waals surface area (Å²) in [6.45, 7) is 2.67. The zero-order valence-corrected chi connectivity index (χ0v) is 16.7. The number of aromatic nitrogens is 1. The smallest absolute Gasteiger partial charge is 0.257 e. The number of pyridine rings is 1. The summed E-state index contributed by atoms with van der Waals surface area (Å²) in [6, 6.07) is 11.1. The molecule has 0 spiro atoms. The highest BCUT2D eigenvalue weighted by molar-refractivity contribution is 9.10. The molecule has 2 heterocycles. The average molecular weight is 427 g/mol. The van der Waals surface area contributed by atoms with Crippen molar-refractivity contribution in [3.8, 4) is 5.75 Å². The van der Waals surface area contributed by atoms with Crippen LogP contribution < -0.4 is 15.5 Å². The Bertz CT molecular complexity index is 1100. The molecule has 4 rings (SSSR count). The number of amides is 1. The zero-order valence-electron chi connectivity index (χ0n) is 15.1. The number of nitrogens with zero attached hydrogens (tertiary/aromatic N) is 1. The van der Waals surface area contributed by atoms with Crippen LogP contribution in [-0.2, 0) is 13.0 Å². The van der Waals surface area contributed by atoms with E-state index in [2.05, 4.69) is 21.2 Å². The van der Waals surface area contributed by atoms with Crippen LogP contribution in [0, 0.1) is 0 Å². The quantitative estimate of drug-likeness (QED) is 0.689. The van der Waals surface area contributed by atoms with Crippen LogP contribution >= 0.6 is 15.9 Å². The summed E-state index contributed by atoms with van der Waals surface area (Å²) in [5.74, 6) is 0.400. The number of hydrogen-bond acceptors (Lipinski definition) is 3. The number of benzene rings is 2. The lowest BCUT2D eigenvalue weighted by Crippen LogP contribution is -2.31. The van der Waals surface area contributed by atoms with E-state index < -0.39 is 0 Å². The standard InChI is InChI=1S/C21H19BrN2O3/c1-12(13-3-5-16(27-2)6-4-13)23-21(26)18-11-24-8-7-14-9-15(22)10-17(19(14)24)20(18)25/h3-6,9-12H,7-8H2,1-2H3,(H,23,26)/t12-/m1/s1. The number of methoxy groups -OCH3 is 1. The van der Waals surface area contributed by atoms with Gasteiger partial charge < -0.3 is 14.6 Å². The van der Waals surface area contributed by atoms with Gasteiger partial charge in [-0.2, -0.15) is 0 Å². The van der Waals surface area contributed by atoms with Gasteiger partial charge in [-0.15, -0.1) is 0 Å². The summed E-state index contributed by atoms with van der Waals surface area (Å²) < 4.78 is 8.03. The van der Waals surface area contributed by atoms with Gasteiger partial charge in [0.1, 0.15) is 11.3 Å². The minimum absolute atomic E-state index is 0.175. The van der Waals surface area contributed by atoms with Crippen LogP contribution in [0.4, 0.5) is 0 Å². The lowest BCUT2D eigenvalue weighted by Gasteiger charge is -2.15. The summed E-state index contributed by atoms with van der Waals surface area (Å²) in [6.07, 6.45) is 2.55. The first kappa shape index (κ1) is 17.8. The minimum Gasteiger partial charge on any atom is -0.497 e. The van der Waals surface area contributed by atoms with Gasteiger partial charge in [-0.3, -0.25) is 9.59 Å². The molecule has 0 bridgehead atoms. The Hall–Kier alpha value is -2.60. The number of carbonyl (C=O) groups excluding carboxylic acids is 1. The maximum atomic E-state index is 12.9. The topological polar surface area (TPSA) is 60.3 Å². The van der Waals surface area contributed by atoms with Crippen LogP contribution in [0.2, 0.25) is 0 Å². The predicted octanol–water partition coefficient (Wildman–Crippen LogP) is 3.82. The Morgan fingerprint density at radius 1 is 1.26 bits per heavy atom. The third kappa shape index (κ3) is 3.14. The first-order valence-corrected chi connectivity index (χ1v) is 9.57. The van der Waals surface area contributed by atoms with E-state index in [-0.39, 0.29) is 22.9 Å². The highest BCUT2D eigenvalue weighted by Gasteiger charge is 2.22. The van der Waals surface area contributed by atoms with E-state index in [4.69, 9.17) is 4.74 Å². The molecule has 27 heavy (non-hydrogen) atoms. The lowest BCUT2D eigenvalue weighted by atomic mass is 10.1. The van der Waals surface area contributed by atoms with Crippen molar-refractivity contribution >= 4 is 32.7 Å². The van der Waals surface area contributed by atoms with Crippen molar-refractivity contribution in [2.45, 2.75) is 25.9 Å². The third-order valence-corrected chi connectivity index (χ3v) is 5.50. The van der Waals surface area contributed by atoms with Crippen molar-refractivity contribution in [2.75, 3.05) is 7.11 Å². The van der Waals surface area contributed by atoms with Gasteiger partial charge in [0.2, 0.25) is 5.43 Å². The maximum Gasteiger partial charge on any atom is 0.257 e. The van der Waals surface area contributed by atoms with E-state index in [0.29, 0.717) is 5.39 Å². The van der Waals surface area contributed by atoms with E-state index >= 15 is 0 Å². The fourth-order valence-corrected chi connectivity index (χ4v) is 4.12. The highest BCUT2D eigenvalue weighted by atomic mass is 79.9. The van der Waals surface area contributed by atoms with Crippen molar-refractivity contribution in [3.05, 3.63) is 74.0 Å². The lowest BCUT2D eigenvalue weighted by molar-refractivity contribution is 0.0938. The van der Waals surface area contributed by atoms with Crippen molar-refractivity contribution in [1.82, 2.24) is 9.88 Å². The molecule has 0 saturated heterocycles. The molecule has 0 radical (unpaired) electrons. The Morgan fingerprint density at radius 3 is 2.70 bits per heavy atom. The Labute approximate surface area is 165 Å². The summed E-state index contributed by atoms with van der Waals surface area (Å²) in [7, 11) is 1.61. The van der Waals surface area contributed by atoms with Crippen LogP contribution in [0.5, 0.6) is 5.75 Å². The molecule has 1 aliphatic heterocycles. The monoisotopic (exact) mass is 426 g/mol. The van der Waals surface area contributed by atoms with Crippen LogP contribution in [0.25, 0.3) is 10.9 Å². The molecule has 0 saturated carbocycles. The van der Waals surface area contributed by atoms with Gasteiger partial charge in [0.15, 0.2) is 0 Å². The van der Waals surface area contributed by atoms with E-state index in [0.717, 1.165) is 39.8 Å². The van der Waals surface area contributed by atoms with Crippen molar-refractivity contribution < 1.29 is 9.53 Å². The maximum absolute atomic E-state index is 12.9. The molecule has 3 aromatic rings. The van der Waals surface area contributed by atoms with Crippen molar-refractivity contribution in [1.29, 1.82) is 0 Å². The molecule has 6 heteroatoms. The molecular weight excluding hydrogens is 408 g/mol. The minimum atomic E-state index is -0.359. The molecule has 1 aromatic heterocycles. The van der Waals surface area contributed by atoms with Crippen LogP contribution in [0.3, 0.4) is 0 Å². The SMILES string of the molecule is COc1ccc([C@@H](C)NC(=O)c2cn3c4c(cc(Br)cc4c2=O)CC3)cc1. The number of hydrogen-bond donors (Lipinski definition) is 1. The second-order valence-electron chi connectivity index (χ2n) is 6.74. The second kappa shape index (κ2) is 6.85. The highest BCUT2D eigenvalue weighted by Crippen LogP contribution is 2.28. The third-order valence-electron chi connectivity index (χ3n) is 5.05. The fourth-order valence-electron chi connectivity index (χ4n) is 3.61. The Morgan fingerprint density at radius 2 is 2.00 bits per heavy atom. The van der Waals surface area contributed by atoms with E-state index in [1.54, 1.807) is 19.4 Å². The number of ether oxygens (including phenoxy) is 1. The number of carbonyl (C=O) groups is 1. The molecule has 1 N–H and O–H groups in total. The first-order valence-electron chi connectivity index (χ1n) is 8.78. The fraction of sp³-hybridized carbons (Fsp3) is 0.238. The van der Waals surface area contributed by atoms with E-state index in [9.17, 15) is 9.59 Å². The molecule has 1 amide bonds. The van der Waals surface area contributed by atoms with Gasteiger partial charge in [-0.05, 0) is 48.7 Å². The Balaban J connectivity index is 1.67. The predicted molar refractivity (Wildman–Crippen MR) is 108 cm³/mol. The van der Waals surface area contributed by atoms with Crippen LogP contribution in [0.15, 0.2) is 51.9 Å². The number of halogens is 1. The van der Waals surface area contributed by atoms with Gasteiger partial charge in [-0.25, -0.2) is 0 Å². The molecule has 0 aliphatic carbocycles. The number of nitrogens with one attached hydrogen (secondary N) is 1.